The molecule has 0 saturated heterocycles. The fraction of sp³-hybridized carbons (Fsp3) is 0.381. The lowest BCUT2D eigenvalue weighted by molar-refractivity contribution is 0.473. The maximum Gasteiger partial charge on any atom is 0.193 e. The second kappa shape index (κ2) is 10.6. The average Bonchev–Trinajstić information content (AvgIpc) is 3.32. The molecular formula is C21H29FIN7. The number of hydrogen-bond acceptors (Lipinski definition) is 3. The second-order valence-electron chi connectivity index (χ2n) is 7.38. The lowest BCUT2D eigenvalue weighted by Crippen LogP contribution is -2.38. The molecule has 0 amide bonds. The lowest BCUT2D eigenvalue weighted by atomic mass is 10.1. The van der Waals surface area contributed by atoms with E-state index >= 15 is 0 Å². The van der Waals surface area contributed by atoms with Crippen LogP contribution in [-0.2, 0) is 20.1 Å². The Morgan fingerprint density at radius 3 is 2.70 bits per heavy atom. The maximum absolute atomic E-state index is 14.5. The summed E-state index contributed by atoms with van der Waals surface area (Å²) in [6.07, 6.45) is 6.97. The van der Waals surface area contributed by atoms with Crippen LogP contribution in [0.3, 0.4) is 0 Å². The standard InChI is InChI=1S/C21H28FN7.HI/c1-15(2)20-17(13-28(5)26-20)12-27(4)21(23-3)25-11-16-6-7-19(18(22)10-16)29-9-8-24-14-29;/h6-10,13-15H,11-12H2,1-5H3,(H,23,25);1H. The van der Waals surface area contributed by atoms with Crippen molar-refractivity contribution in [3.05, 3.63) is 65.8 Å². The molecule has 0 fully saturated rings. The van der Waals surface area contributed by atoms with Gasteiger partial charge in [0.25, 0.3) is 0 Å². The second-order valence-corrected chi connectivity index (χ2v) is 7.38. The van der Waals surface area contributed by atoms with Crippen LogP contribution in [0.5, 0.6) is 0 Å². The smallest absolute Gasteiger partial charge is 0.193 e. The van der Waals surface area contributed by atoms with Crippen molar-refractivity contribution in [1.82, 2.24) is 29.5 Å². The zero-order valence-electron chi connectivity index (χ0n) is 18.0. The molecule has 2 aromatic heterocycles. The van der Waals surface area contributed by atoms with Crippen molar-refractivity contribution in [3.63, 3.8) is 0 Å². The summed E-state index contributed by atoms with van der Waals surface area (Å²) < 4.78 is 18.0. The number of nitrogens with one attached hydrogen (secondary N) is 1. The van der Waals surface area contributed by atoms with Crippen LogP contribution in [0.4, 0.5) is 4.39 Å². The summed E-state index contributed by atoms with van der Waals surface area (Å²) in [5, 5.41) is 7.87. The fourth-order valence-corrected chi connectivity index (χ4v) is 3.33. The minimum absolute atomic E-state index is 0. The number of aryl methyl sites for hydroxylation is 1. The van der Waals surface area contributed by atoms with E-state index in [0.29, 0.717) is 24.7 Å². The van der Waals surface area contributed by atoms with E-state index in [1.165, 1.54) is 11.6 Å². The van der Waals surface area contributed by atoms with Crippen LogP contribution >= 0.6 is 24.0 Å². The van der Waals surface area contributed by atoms with Crippen molar-refractivity contribution in [1.29, 1.82) is 0 Å². The molecule has 3 rings (SSSR count). The number of nitrogens with zero attached hydrogens (tertiary/aromatic N) is 6. The topological polar surface area (TPSA) is 63.3 Å². The van der Waals surface area contributed by atoms with Gasteiger partial charge in [0, 0.05) is 58.4 Å². The molecule has 30 heavy (non-hydrogen) atoms. The molecule has 9 heteroatoms. The zero-order chi connectivity index (χ0) is 21.0. The third kappa shape index (κ3) is 5.59. The van der Waals surface area contributed by atoms with E-state index in [2.05, 4.69) is 34.2 Å². The first-order valence-electron chi connectivity index (χ1n) is 9.60. The van der Waals surface area contributed by atoms with Crippen LogP contribution in [0, 0.1) is 5.82 Å². The summed E-state index contributed by atoms with van der Waals surface area (Å²) in [4.78, 5) is 10.4. The lowest BCUT2D eigenvalue weighted by Gasteiger charge is -2.22. The third-order valence-corrected chi connectivity index (χ3v) is 4.71. The summed E-state index contributed by atoms with van der Waals surface area (Å²) in [5.74, 6) is 0.803. The van der Waals surface area contributed by atoms with Crippen LogP contribution in [0.15, 0.2) is 48.1 Å². The van der Waals surface area contributed by atoms with Crippen molar-refractivity contribution < 1.29 is 4.39 Å². The molecule has 7 nitrogen and oxygen atoms in total. The van der Waals surface area contributed by atoms with E-state index in [1.807, 2.05) is 35.9 Å². The summed E-state index contributed by atoms with van der Waals surface area (Å²) in [6, 6.07) is 5.19. The van der Waals surface area contributed by atoms with Crippen LogP contribution in [0.2, 0.25) is 0 Å². The van der Waals surface area contributed by atoms with Gasteiger partial charge in [-0.1, -0.05) is 19.9 Å². The van der Waals surface area contributed by atoms with E-state index < -0.39 is 0 Å². The van der Waals surface area contributed by atoms with Crippen LogP contribution < -0.4 is 5.32 Å². The number of halogens is 2. The SMILES string of the molecule is CN=C(NCc1ccc(-n2ccnc2)c(F)c1)N(C)Cc1cn(C)nc1C(C)C.I. The van der Waals surface area contributed by atoms with Gasteiger partial charge in [-0.15, -0.1) is 24.0 Å². The average molecular weight is 525 g/mol. The Morgan fingerprint density at radius 2 is 2.10 bits per heavy atom. The molecule has 1 aromatic carbocycles. The molecule has 0 aliphatic carbocycles. The molecule has 3 aromatic rings. The van der Waals surface area contributed by atoms with Gasteiger partial charge in [-0.2, -0.15) is 5.10 Å². The molecule has 0 aliphatic heterocycles. The maximum atomic E-state index is 14.5. The van der Waals surface area contributed by atoms with E-state index in [4.69, 9.17) is 0 Å². The monoisotopic (exact) mass is 525 g/mol. The van der Waals surface area contributed by atoms with Crippen LogP contribution in [0.25, 0.3) is 5.69 Å². The van der Waals surface area contributed by atoms with Crippen molar-refractivity contribution in [3.8, 4) is 5.69 Å². The van der Waals surface area contributed by atoms with Gasteiger partial charge in [0.15, 0.2) is 5.96 Å². The van der Waals surface area contributed by atoms with Gasteiger partial charge in [-0.25, -0.2) is 9.37 Å². The number of hydrogen-bond donors (Lipinski definition) is 1. The number of aliphatic imine (C=N–C) groups is 1. The third-order valence-electron chi connectivity index (χ3n) is 4.71. The molecule has 1 N–H and O–H groups in total. The Kier molecular flexibility index (Phi) is 8.39. The summed E-state index contributed by atoms with van der Waals surface area (Å²) >= 11 is 0. The first kappa shape index (κ1) is 23.8. The van der Waals surface area contributed by atoms with Gasteiger partial charge in [0.2, 0.25) is 0 Å². The van der Waals surface area contributed by atoms with Gasteiger partial charge in [-0.05, 0) is 23.6 Å². The predicted molar refractivity (Wildman–Crippen MR) is 128 cm³/mol. The van der Waals surface area contributed by atoms with Crippen molar-refractivity contribution in [2.24, 2.45) is 12.0 Å². The Labute approximate surface area is 194 Å². The predicted octanol–water partition coefficient (Wildman–Crippen LogP) is 3.69. The highest BCUT2D eigenvalue weighted by molar-refractivity contribution is 14.0. The molecule has 0 saturated carbocycles. The quantitative estimate of drug-likeness (QED) is 0.303. The van der Waals surface area contributed by atoms with Crippen LogP contribution in [-0.4, -0.2) is 44.3 Å². The summed E-state index contributed by atoms with van der Waals surface area (Å²) in [7, 11) is 5.66. The Hall–Kier alpha value is -2.43. The first-order chi connectivity index (χ1) is 13.9. The fourth-order valence-electron chi connectivity index (χ4n) is 3.33. The molecule has 2 heterocycles. The largest absolute Gasteiger partial charge is 0.352 e. The van der Waals surface area contributed by atoms with Crippen molar-refractivity contribution in [2.45, 2.75) is 32.9 Å². The van der Waals surface area contributed by atoms with E-state index in [1.54, 1.807) is 36.4 Å². The number of aromatic nitrogens is 4. The Balaban J connectivity index is 0.00000320. The Morgan fingerprint density at radius 1 is 1.33 bits per heavy atom. The molecule has 0 unspecified atom stereocenters. The number of guanidine groups is 1. The molecular weight excluding hydrogens is 496 g/mol. The van der Waals surface area contributed by atoms with Crippen molar-refractivity contribution >= 4 is 29.9 Å². The van der Waals surface area contributed by atoms with Crippen LogP contribution in [0.1, 0.15) is 36.6 Å². The van der Waals surface area contributed by atoms with Crippen molar-refractivity contribution in [2.75, 3.05) is 14.1 Å². The molecule has 0 aliphatic rings. The van der Waals surface area contributed by atoms with E-state index in [-0.39, 0.29) is 29.8 Å². The minimum Gasteiger partial charge on any atom is -0.352 e. The van der Waals surface area contributed by atoms with Gasteiger partial charge in [0.05, 0.1) is 17.7 Å². The highest BCUT2D eigenvalue weighted by atomic mass is 127. The molecule has 0 spiro atoms. The number of rotatable bonds is 6. The molecule has 0 atom stereocenters. The van der Waals surface area contributed by atoms with Gasteiger partial charge in [-0.3, -0.25) is 9.67 Å². The Bertz CT molecular complexity index is 979. The zero-order valence-corrected chi connectivity index (χ0v) is 20.3. The van der Waals surface area contributed by atoms with Gasteiger partial charge in [0.1, 0.15) is 5.82 Å². The molecule has 0 radical (unpaired) electrons. The number of imidazole rings is 1. The summed E-state index contributed by atoms with van der Waals surface area (Å²) in [5.41, 5.74) is 3.58. The first-order valence-corrected chi connectivity index (χ1v) is 9.60. The minimum atomic E-state index is -0.289. The molecule has 162 valence electrons. The highest BCUT2D eigenvalue weighted by Gasteiger charge is 2.15. The van der Waals surface area contributed by atoms with Gasteiger partial charge >= 0.3 is 0 Å². The van der Waals surface area contributed by atoms with E-state index in [0.717, 1.165) is 17.2 Å². The van der Waals surface area contributed by atoms with E-state index in [9.17, 15) is 4.39 Å². The highest BCUT2D eigenvalue weighted by Crippen LogP contribution is 2.19. The van der Waals surface area contributed by atoms with Gasteiger partial charge < -0.3 is 14.8 Å². The normalized spacial score (nSPS) is 11.5. The molecule has 0 bridgehead atoms. The summed E-state index contributed by atoms with van der Waals surface area (Å²) in [6.45, 7) is 5.44. The number of benzene rings is 1.